The Hall–Kier alpha value is -1.60. The molecule has 1 aliphatic rings. The maximum atomic E-state index is 13.6. The largest absolute Gasteiger partial charge is 0.322 e. The number of carbonyl (C=O) groups is 1. The molecule has 1 aromatic rings. The highest BCUT2D eigenvalue weighted by molar-refractivity contribution is 6.30. The normalized spacial score (nSPS) is 17.9. The minimum absolute atomic E-state index is 0.0290. The van der Waals surface area contributed by atoms with Crippen LogP contribution in [-0.4, -0.2) is 5.91 Å². The number of rotatable bonds is 2. The average molecular weight is 295 g/mol. The molecule has 0 unspecified atom stereocenters. The molecule has 0 aliphatic heterocycles. The van der Waals surface area contributed by atoms with Crippen LogP contribution in [0, 0.1) is 22.6 Å². The Morgan fingerprint density at radius 3 is 2.55 bits per heavy atom. The zero-order valence-corrected chi connectivity index (χ0v) is 11.8. The fourth-order valence-corrected chi connectivity index (χ4v) is 2.73. The van der Waals surface area contributed by atoms with Crippen LogP contribution in [0.25, 0.3) is 0 Å². The highest BCUT2D eigenvalue weighted by Gasteiger charge is 2.39. The maximum absolute atomic E-state index is 13.6. The highest BCUT2D eigenvalue weighted by atomic mass is 35.5. The van der Waals surface area contributed by atoms with Crippen LogP contribution < -0.4 is 5.32 Å². The molecular weight excluding hydrogens is 279 g/mol. The third-order valence-electron chi connectivity index (χ3n) is 3.78. The predicted molar refractivity (Wildman–Crippen MR) is 75.8 cm³/mol. The standard InChI is InChI=1S/C15H16ClFN2O/c16-11-5-6-12(17)13(9-11)19-14(20)15(10-18)7-3-1-2-4-8-15/h5-6,9H,1-4,7-8H2,(H,19,20). The van der Waals surface area contributed by atoms with E-state index in [2.05, 4.69) is 11.4 Å². The second kappa shape index (κ2) is 6.23. The third kappa shape index (κ3) is 3.10. The molecule has 1 aromatic carbocycles. The van der Waals surface area contributed by atoms with Gasteiger partial charge in [-0.15, -0.1) is 0 Å². The van der Waals surface area contributed by atoms with E-state index in [0.29, 0.717) is 17.9 Å². The van der Waals surface area contributed by atoms with Crippen LogP contribution in [0.4, 0.5) is 10.1 Å². The second-order valence-electron chi connectivity index (χ2n) is 5.19. The molecule has 1 N–H and O–H groups in total. The lowest BCUT2D eigenvalue weighted by molar-refractivity contribution is -0.123. The molecule has 0 atom stereocenters. The number of benzene rings is 1. The van der Waals surface area contributed by atoms with Gasteiger partial charge in [-0.3, -0.25) is 4.79 Å². The first-order valence-corrected chi connectivity index (χ1v) is 7.13. The van der Waals surface area contributed by atoms with Crippen LogP contribution in [0.2, 0.25) is 5.02 Å². The number of hydrogen-bond donors (Lipinski definition) is 1. The smallest absolute Gasteiger partial charge is 0.244 e. The Labute approximate surface area is 122 Å². The van der Waals surface area contributed by atoms with E-state index in [-0.39, 0.29) is 5.69 Å². The van der Waals surface area contributed by atoms with E-state index < -0.39 is 17.1 Å². The van der Waals surface area contributed by atoms with Gasteiger partial charge in [-0.1, -0.05) is 37.3 Å². The van der Waals surface area contributed by atoms with Crippen molar-refractivity contribution < 1.29 is 9.18 Å². The molecule has 0 saturated heterocycles. The summed E-state index contributed by atoms with van der Waals surface area (Å²) in [6.45, 7) is 0. The molecule has 3 nitrogen and oxygen atoms in total. The van der Waals surface area contributed by atoms with Crippen molar-refractivity contribution in [2.45, 2.75) is 38.5 Å². The van der Waals surface area contributed by atoms with Crippen molar-refractivity contribution in [3.05, 3.63) is 29.0 Å². The summed E-state index contributed by atoms with van der Waals surface area (Å²) in [5.74, 6) is -0.979. The molecular formula is C15H16ClFN2O. The number of nitrogens with one attached hydrogen (secondary N) is 1. The van der Waals surface area contributed by atoms with Crippen LogP contribution in [0.1, 0.15) is 38.5 Å². The Bertz CT molecular complexity index is 545. The van der Waals surface area contributed by atoms with Crippen molar-refractivity contribution >= 4 is 23.2 Å². The van der Waals surface area contributed by atoms with E-state index in [1.54, 1.807) is 0 Å². The lowest BCUT2D eigenvalue weighted by Gasteiger charge is -2.23. The zero-order chi connectivity index (χ0) is 14.6. The first-order chi connectivity index (χ1) is 9.57. The van der Waals surface area contributed by atoms with Crippen molar-refractivity contribution in [3.63, 3.8) is 0 Å². The SMILES string of the molecule is N#CC1(C(=O)Nc2cc(Cl)ccc2F)CCCCCC1. The molecule has 1 fully saturated rings. The molecule has 106 valence electrons. The number of anilines is 1. The summed E-state index contributed by atoms with van der Waals surface area (Å²) in [6.07, 6.45) is 4.80. The minimum Gasteiger partial charge on any atom is -0.322 e. The molecule has 5 heteroatoms. The van der Waals surface area contributed by atoms with Gasteiger partial charge in [0.15, 0.2) is 0 Å². The number of nitrogens with zero attached hydrogens (tertiary/aromatic N) is 1. The summed E-state index contributed by atoms with van der Waals surface area (Å²) in [5, 5.41) is 12.3. The number of hydrogen-bond acceptors (Lipinski definition) is 2. The fraction of sp³-hybridized carbons (Fsp3) is 0.467. The fourth-order valence-electron chi connectivity index (χ4n) is 2.56. The molecule has 0 spiro atoms. The molecule has 2 rings (SSSR count). The average Bonchev–Trinajstić information content (AvgIpc) is 2.69. The van der Waals surface area contributed by atoms with Gasteiger partial charge in [-0.05, 0) is 31.0 Å². The Kier molecular flexibility index (Phi) is 4.61. The van der Waals surface area contributed by atoms with Crippen LogP contribution in [-0.2, 0) is 4.79 Å². The van der Waals surface area contributed by atoms with Gasteiger partial charge in [0.05, 0.1) is 11.8 Å². The summed E-state index contributed by atoms with van der Waals surface area (Å²) in [6, 6.07) is 6.12. The highest BCUT2D eigenvalue weighted by Crippen LogP contribution is 2.36. The van der Waals surface area contributed by atoms with Gasteiger partial charge in [0.25, 0.3) is 0 Å². The van der Waals surface area contributed by atoms with Gasteiger partial charge >= 0.3 is 0 Å². The summed E-state index contributed by atoms with van der Waals surface area (Å²) < 4.78 is 13.6. The quantitative estimate of drug-likeness (QED) is 0.828. The lowest BCUT2D eigenvalue weighted by atomic mass is 9.81. The van der Waals surface area contributed by atoms with Gasteiger partial charge in [0, 0.05) is 5.02 Å². The van der Waals surface area contributed by atoms with E-state index in [0.717, 1.165) is 25.7 Å². The first kappa shape index (κ1) is 14.8. The van der Waals surface area contributed by atoms with Crippen molar-refractivity contribution in [2.24, 2.45) is 5.41 Å². The lowest BCUT2D eigenvalue weighted by Crippen LogP contribution is -2.34. The van der Waals surface area contributed by atoms with Gasteiger partial charge in [-0.2, -0.15) is 5.26 Å². The molecule has 0 heterocycles. The van der Waals surface area contributed by atoms with E-state index in [9.17, 15) is 14.4 Å². The van der Waals surface area contributed by atoms with Crippen molar-refractivity contribution in [3.8, 4) is 6.07 Å². The van der Waals surface area contributed by atoms with Crippen LogP contribution >= 0.6 is 11.6 Å². The van der Waals surface area contributed by atoms with Gasteiger partial charge in [0.2, 0.25) is 5.91 Å². The second-order valence-corrected chi connectivity index (χ2v) is 5.62. The Morgan fingerprint density at radius 1 is 1.30 bits per heavy atom. The first-order valence-electron chi connectivity index (χ1n) is 6.75. The van der Waals surface area contributed by atoms with E-state index >= 15 is 0 Å². The number of amides is 1. The van der Waals surface area contributed by atoms with Gasteiger partial charge in [-0.25, -0.2) is 4.39 Å². The number of halogens is 2. The monoisotopic (exact) mass is 294 g/mol. The number of nitriles is 1. The van der Waals surface area contributed by atoms with Crippen LogP contribution in [0.5, 0.6) is 0 Å². The van der Waals surface area contributed by atoms with Crippen LogP contribution in [0.3, 0.4) is 0 Å². The molecule has 0 bridgehead atoms. The van der Waals surface area contributed by atoms with Crippen molar-refractivity contribution in [2.75, 3.05) is 5.32 Å². The third-order valence-corrected chi connectivity index (χ3v) is 4.02. The van der Waals surface area contributed by atoms with Crippen LogP contribution in [0.15, 0.2) is 18.2 Å². The van der Waals surface area contributed by atoms with E-state index in [1.165, 1.54) is 18.2 Å². The molecule has 0 radical (unpaired) electrons. The Morgan fingerprint density at radius 2 is 1.95 bits per heavy atom. The molecule has 1 saturated carbocycles. The molecule has 0 aromatic heterocycles. The minimum atomic E-state index is -1.05. The van der Waals surface area contributed by atoms with Crippen molar-refractivity contribution in [1.82, 2.24) is 0 Å². The van der Waals surface area contributed by atoms with E-state index in [1.807, 2.05) is 0 Å². The molecule has 1 aliphatic carbocycles. The van der Waals surface area contributed by atoms with Crippen molar-refractivity contribution in [1.29, 1.82) is 5.26 Å². The summed E-state index contributed by atoms with van der Waals surface area (Å²) in [5.41, 5.74) is -1.02. The Balaban J connectivity index is 2.21. The summed E-state index contributed by atoms with van der Waals surface area (Å²) in [7, 11) is 0. The number of carbonyl (C=O) groups excluding carboxylic acids is 1. The van der Waals surface area contributed by atoms with Gasteiger partial charge in [0.1, 0.15) is 11.2 Å². The maximum Gasteiger partial charge on any atom is 0.244 e. The summed E-state index contributed by atoms with van der Waals surface area (Å²) in [4.78, 5) is 12.4. The topological polar surface area (TPSA) is 52.9 Å². The van der Waals surface area contributed by atoms with E-state index in [4.69, 9.17) is 11.6 Å². The molecule has 1 amide bonds. The molecule has 20 heavy (non-hydrogen) atoms. The predicted octanol–water partition coefficient (Wildman–Crippen LogP) is 4.28. The zero-order valence-electron chi connectivity index (χ0n) is 11.1. The van der Waals surface area contributed by atoms with Gasteiger partial charge < -0.3 is 5.32 Å². The summed E-state index contributed by atoms with van der Waals surface area (Å²) >= 11 is 5.80.